The third kappa shape index (κ3) is 9.50. The summed E-state index contributed by atoms with van der Waals surface area (Å²) in [6.45, 7) is 2.46. The van der Waals surface area contributed by atoms with Crippen molar-refractivity contribution < 1.29 is 4.58 Å². The van der Waals surface area contributed by atoms with Crippen molar-refractivity contribution in [1.29, 1.82) is 0 Å². The van der Waals surface area contributed by atoms with Crippen molar-refractivity contribution in [3.63, 3.8) is 0 Å². The van der Waals surface area contributed by atoms with Gasteiger partial charge in [-0.2, -0.15) is 0 Å². The van der Waals surface area contributed by atoms with Crippen LogP contribution in [-0.2, 0) is 0 Å². The summed E-state index contributed by atoms with van der Waals surface area (Å²) in [7, 11) is 17.0. The van der Waals surface area contributed by atoms with Crippen LogP contribution in [0.2, 0.25) is 0 Å². The highest BCUT2D eigenvalue weighted by molar-refractivity contribution is 7.81. The van der Waals surface area contributed by atoms with Crippen LogP contribution in [0.25, 0.3) is 0 Å². The van der Waals surface area contributed by atoms with Gasteiger partial charge >= 0.3 is 9.39 Å². The van der Waals surface area contributed by atoms with E-state index in [0.29, 0.717) is 0 Å². The second kappa shape index (κ2) is 8.69. The summed E-state index contributed by atoms with van der Waals surface area (Å²) >= 11 is 0. The van der Waals surface area contributed by atoms with E-state index < -0.39 is 9.39 Å². The van der Waals surface area contributed by atoms with E-state index in [-0.39, 0.29) is 0 Å². The van der Waals surface area contributed by atoms with Crippen LogP contribution in [0.15, 0.2) is 30.3 Å². The second-order valence-electron chi connectivity index (χ2n) is 4.13. The van der Waals surface area contributed by atoms with Gasteiger partial charge in [-0.25, -0.2) is 4.58 Å². The van der Waals surface area contributed by atoms with E-state index in [4.69, 9.17) is 40.2 Å². The molecule has 1 aliphatic rings. The molecule has 2 rings (SSSR count). The van der Waals surface area contributed by atoms with Crippen LogP contribution in [0.1, 0.15) is 24.8 Å². The molecule has 1 saturated heterocycles. The van der Waals surface area contributed by atoms with Crippen molar-refractivity contribution in [1.82, 2.24) is 0 Å². The van der Waals surface area contributed by atoms with Crippen LogP contribution < -0.4 is 0 Å². The monoisotopic (exact) mass is 341 g/mol. The normalized spacial score (nSPS) is 15.7. The van der Waals surface area contributed by atoms with Crippen molar-refractivity contribution in [3.8, 4) is 0 Å². The first kappa shape index (κ1) is 16.6. The molecule has 1 aromatic rings. The Morgan fingerprint density at radius 1 is 0.889 bits per heavy atom. The smallest absolute Gasteiger partial charge is 0.391 e. The zero-order valence-corrected chi connectivity index (χ0v) is 14.2. The fourth-order valence-corrected chi connectivity index (χ4v) is 1.80. The van der Waals surface area contributed by atoms with Gasteiger partial charge in [-0.3, -0.25) is 0 Å². The molecule has 0 amide bonds. The van der Waals surface area contributed by atoms with E-state index in [1.165, 1.54) is 37.9 Å². The van der Waals surface area contributed by atoms with E-state index in [9.17, 15) is 0 Å². The number of halogens is 4. The number of piperidine rings is 1. The molecule has 0 aromatic heterocycles. The molecule has 0 saturated carbocycles. The van der Waals surface area contributed by atoms with Crippen LogP contribution in [0.5, 0.6) is 0 Å². The molecule has 1 aliphatic heterocycles. The quantitative estimate of drug-likeness (QED) is 0.515. The van der Waals surface area contributed by atoms with E-state index in [2.05, 4.69) is 41.1 Å². The van der Waals surface area contributed by atoms with Crippen molar-refractivity contribution >= 4 is 55.8 Å². The molecule has 0 aliphatic carbocycles. The predicted octanol–water partition coefficient (Wildman–Crippen LogP) is 4.68. The minimum atomic E-state index is -2.94. The second-order valence-corrected chi connectivity index (χ2v) is 17.0. The molecule has 1 fully saturated rings. The first-order valence-electron chi connectivity index (χ1n) is 5.96. The zero-order valence-electron chi connectivity index (χ0n) is 10.0. The summed E-state index contributed by atoms with van der Waals surface area (Å²) in [6, 6.07) is 10.6. The molecule has 18 heavy (non-hydrogen) atoms. The lowest BCUT2D eigenvalue weighted by Gasteiger charge is -2.08. The SMILES string of the molecule is C(c1ccccc1)=[N+]1CCCCC1.[Cl][Al-]([Cl])([Cl])[Cl]. The maximum absolute atomic E-state index is 4.99. The largest absolute Gasteiger partial charge is 0.564 e. The van der Waals surface area contributed by atoms with Gasteiger partial charge in [0.2, 0.25) is 0 Å². The molecule has 1 aromatic carbocycles. The minimum Gasteiger partial charge on any atom is -0.391 e. The molecular weight excluding hydrogens is 327 g/mol. The van der Waals surface area contributed by atoms with Crippen molar-refractivity contribution in [2.24, 2.45) is 0 Å². The van der Waals surface area contributed by atoms with Gasteiger partial charge in [0, 0.05) is 18.4 Å². The van der Waals surface area contributed by atoms with Crippen molar-refractivity contribution in [2.75, 3.05) is 13.1 Å². The molecular formula is C12H16AlCl4N. The summed E-state index contributed by atoms with van der Waals surface area (Å²) in [5.41, 5.74) is 1.32. The Morgan fingerprint density at radius 3 is 1.89 bits per heavy atom. The molecule has 6 heteroatoms. The van der Waals surface area contributed by atoms with Crippen LogP contribution in [0.4, 0.5) is 0 Å². The number of nitrogens with zero attached hydrogens (tertiary/aromatic N) is 1. The highest BCUT2D eigenvalue weighted by atomic mass is 35.9. The Balaban J connectivity index is 0.000000280. The summed E-state index contributed by atoms with van der Waals surface area (Å²) in [5.74, 6) is 0. The Morgan fingerprint density at radius 2 is 1.39 bits per heavy atom. The van der Waals surface area contributed by atoms with Gasteiger partial charge < -0.3 is 40.2 Å². The third-order valence-electron chi connectivity index (χ3n) is 2.52. The van der Waals surface area contributed by atoms with Gasteiger partial charge in [0.25, 0.3) is 0 Å². The van der Waals surface area contributed by atoms with Crippen LogP contribution >= 0.6 is 40.2 Å². The van der Waals surface area contributed by atoms with Gasteiger partial charge in [-0.05, 0) is 18.6 Å². The average Bonchev–Trinajstić information content (AvgIpc) is 2.29. The predicted molar refractivity (Wildman–Crippen MR) is 84.6 cm³/mol. The Labute approximate surface area is 128 Å². The van der Waals surface area contributed by atoms with Crippen LogP contribution in [0.3, 0.4) is 0 Å². The molecule has 0 bridgehead atoms. The molecule has 0 unspecified atom stereocenters. The number of hydrogen-bond donors (Lipinski definition) is 0. The van der Waals surface area contributed by atoms with Gasteiger partial charge in [0.05, 0.1) is 0 Å². The van der Waals surface area contributed by atoms with E-state index >= 15 is 0 Å². The maximum Gasteiger partial charge on any atom is 0.564 e. The van der Waals surface area contributed by atoms with Crippen molar-refractivity contribution in [3.05, 3.63) is 35.9 Å². The Bertz CT molecular complexity index is 361. The first-order valence-corrected chi connectivity index (χ1v) is 12.9. The third-order valence-corrected chi connectivity index (χ3v) is 2.52. The molecule has 0 radical (unpaired) electrons. The number of rotatable bonds is 1. The van der Waals surface area contributed by atoms with E-state index in [0.717, 1.165) is 0 Å². The van der Waals surface area contributed by atoms with Gasteiger partial charge in [-0.15, -0.1) is 0 Å². The Kier molecular flexibility index (Phi) is 8.03. The summed E-state index contributed by atoms with van der Waals surface area (Å²) in [4.78, 5) is 0. The molecule has 0 N–H and O–H groups in total. The maximum atomic E-state index is 4.99. The number of hydrogen-bond acceptors (Lipinski definition) is 0. The summed E-state index contributed by atoms with van der Waals surface area (Å²) < 4.78 is 2.43. The van der Waals surface area contributed by atoms with Gasteiger partial charge in [-0.1, -0.05) is 18.2 Å². The van der Waals surface area contributed by atoms with Crippen molar-refractivity contribution in [2.45, 2.75) is 19.3 Å². The molecule has 0 atom stereocenters. The summed E-state index contributed by atoms with van der Waals surface area (Å²) in [6.07, 6.45) is 6.38. The zero-order chi connectivity index (χ0) is 13.4. The lowest BCUT2D eigenvalue weighted by Crippen LogP contribution is -2.21. The minimum absolute atomic E-state index is 1.23. The Hall–Kier alpha value is 0.582. The number of benzene rings is 1. The standard InChI is InChI=1S/C12H16N.Al.4ClH/c1-3-7-12(8-4-1)11-13-9-5-2-6-10-13;;;;;/h1,3-4,7-8,11H,2,5-6,9-10H2;;4*1H/q+1;+3;;;;/p-4. The summed E-state index contributed by atoms with van der Waals surface area (Å²) in [5, 5.41) is 0. The van der Waals surface area contributed by atoms with E-state index in [1.807, 2.05) is 0 Å². The highest BCUT2D eigenvalue weighted by Gasteiger charge is 2.14. The fourth-order valence-electron chi connectivity index (χ4n) is 1.80. The average molecular weight is 343 g/mol. The van der Waals surface area contributed by atoms with Crippen LogP contribution in [0, 0.1) is 0 Å². The van der Waals surface area contributed by atoms with Gasteiger partial charge in [0.15, 0.2) is 6.21 Å². The fraction of sp³-hybridized carbons (Fsp3) is 0.417. The topological polar surface area (TPSA) is 3.01 Å². The lowest BCUT2D eigenvalue weighted by molar-refractivity contribution is -0.532. The molecule has 0 spiro atoms. The first-order chi connectivity index (χ1) is 8.45. The van der Waals surface area contributed by atoms with E-state index in [1.54, 1.807) is 0 Å². The van der Waals surface area contributed by atoms with Gasteiger partial charge in [0.1, 0.15) is 13.1 Å². The lowest BCUT2D eigenvalue weighted by atomic mass is 10.1. The highest BCUT2D eigenvalue weighted by Crippen LogP contribution is 2.23. The molecule has 1 heterocycles. The molecule has 100 valence electrons. The van der Waals surface area contributed by atoms with Crippen LogP contribution in [-0.4, -0.2) is 33.3 Å². The molecule has 1 nitrogen and oxygen atoms in total.